The topological polar surface area (TPSA) is 75.1 Å². The van der Waals surface area contributed by atoms with Crippen molar-refractivity contribution < 1.29 is 9.90 Å². The minimum atomic E-state index is -1.04. The zero-order valence-electron chi connectivity index (χ0n) is 14.0. The molecule has 3 aromatic rings. The number of nitrogens with zero attached hydrogens (tertiary/aromatic N) is 2. The first-order valence-corrected chi connectivity index (χ1v) is 9.80. The van der Waals surface area contributed by atoms with E-state index in [2.05, 4.69) is 15.5 Å². The summed E-state index contributed by atoms with van der Waals surface area (Å²) in [5.74, 6) is -0.534. The Balaban J connectivity index is 1.78. The third-order valence-electron chi connectivity index (χ3n) is 4.74. The largest absolute Gasteiger partial charge is 0.476 e. The second-order valence-electron chi connectivity index (χ2n) is 6.58. The molecule has 4 rings (SSSR count). The van der Waals surface area contributed by atoms with Crippen molar-refractivity contribution >= 4 is 39.0 Å². The summed E-state index contributed by atoms with van der Waals surface area (Å²) in [6, 6.07) is 9.60. The Hall–Kier alpha value is -2.02. The summed E-state index contributed by atoms with van der Waals surface area (Å²) >= 11 is 7.42. The van der Waals surface area contributed by atoms with Crippen LogP contribution in [-0.4, -0.2) is 34.4 Å². The Labute approximate surface area is 160 Å². The summed E-state index contributed by atoms with van der Waals surface area (Å²) in [4.78, 5) is 12.6. The summed E-state index contributed by atoms with van der Waals surface area (Å²) in [6.45, 7) is 2.03. The van der Waals surface area contributed by atoms with Gasteiger partial charge in [0.2, 0.25) is 0 Å². The van der Waals surface area contributed by atoms with Gasteiger partial charge in [0, 0.05) is 15.3 Å². The molecule has 1 atom stereocenters. The number of thiophene rings is 1. The lowest BCUT2D eigenvalue weighted by molar-refractivity contribution is 0.0692. The van der Waals surface area contributed by atoms with Crippen LogP contribution < -0.4 is 5.32 Å². The number of halogens is 1. The zero-order chi connectivity index (χ0) is 18.1. The molecule has 0 amide bonds. The molecule has 3 heterocycles. The summed E-state index contributed by atoms with van der Waals surface area (Å²) in [7, 11) is 0. The molecule has 5 nitrogen and oxygen atoms in total. The van der Waals surface area contributed by atoms with E-state index in [-0.39, 0.29) is 5.69 Å². The van der Waals surface area contributed by atoms with Crippen molar-refractivity contribution in [2.24, 2.45) is 5.92 Å². The van der Waals surface area contributed by atoms with Crippen LogP contribution in [0.5, 0.6) is 0 Å². The minimum Gasteiger partial charge on any atom is -0.476 e. The monoisotopic (exact) mass is 387 g/mol. The van der Waals surface area contributed by atoms with Crippen molar-refractivity contribution in [3.8, 4) is 10.4 Å². The van der Waals surface area contributed by atoms with Gasteiger partial charge < -0.3 is 10.4 Å². The van der Waals surface area contributed by atoms with Crippen molar-refractivity contribution in [3.63, 3.8) is 0 Å². The highest BCUT2D eigenvalue weighted by atomic mass is 35.5. The lowest BCUT2D eigenvalue weighted by Crippen LogP contribution is -2.31. The van der Waals surface area contributed by atoms with Crippen molar-refractivity contribution in [1.29, 1.82) is 0 Å². The Morgan fingerprint density at radius 3 is 2.81 bits per heavy atom. The maximum absolute atomic E-state index is 11.6. The zero-order valence-corrected chi connectivity index (χ0v) is 15.6. The van der Waals surface area contributed by atoms with Gasteiger partial charge >= 0.3 is 5.97 Å². The van der Waals surface area contributed by atoms with E-state index in [0.717, 1.165) is 53.9 Å². The van der Waals surface area contributed by atoms with Crippen LogP contribution in [0.25, 0.3) is 20.5 Å². The van der Waals surface area contributed by atoms with Crippen LogP contribution in [0.1, 0.15) is 29.0 Å². The molecule has 2 aromatic heterocycles. The summed E-state index contributed by atoms with van der Waals surface area (Å²) in [6.07, 6.45) is 3.13. The van der Waals surface area contributed by atoms with Gasteiger partial charge in [-0.05, 0) is 62.0 Å². The molecular formula is C19H18ClN3O2S. The van der Waals surface area contributed by atoms with E-state index >= 15 is 0 Å². The van der Waals surface area contributed by atoms with Gasteiger partial charge in [-0.15, -0.1) is 16.4 Å². The van der Waals surface area contributed by atoms with Gasteiger partial charge in [0.1, 0.15) is 0 Å². The number of rotatable bonds is 4. The fraction of sp³-hybridized carbons (Fsp3) is 0.316. The first-order valence-electron chi connectivity index (χ1n) is 8.61. The number of carbonyl (C=O) groups is 1. The first-order chi connectivity index (χ1) is 12.6. The number of benzene rings is 1. The van der Waals surface area contributed by atoms with Gasteiger partial charge in [0.25, 0.3) is 0 Å². The van der Waals surface area contributed by atoms with Crippen LogP contribution in [0.4, 0.5) is 0 Å². The number of nitrogens with one attached hydrogen (secondary N) is 1. The quantitative estimate of drug-likeness (QED) is 0.699. The molecular weight excluding hydrogens is 370 g/mol. The average molecular weight is 388 g/mol. The smallest absolute Gasteiger partial charge is 0.357 e. The molecule has 2 N–H and O–H groups in total. The number of hydrogen-bond donors (Lipinski definition) is 2. The fourth-order valence-corrected chi connectivity index (χ4v) is 4.70. The minimum absolute atomic E-state index is 0.0238. The van der Waals surface area contributed by atoms with Gasteiger partial charge in [0.05, 0.1) is 10.4 Å². The maximum atomic E-state index is 11.6. The number of carboxylic acids is 1. The Bertz CT molecular complexity index is 949. The van der Waals surface area contributed by atoms with Crippen molar-refractivity contribution in [3.05, 3.63) is 46.7 Å². The second-order valence-corrected chi connectivity index (χ2v) is 8.07. The van der Waals surface area contributed by atoms with Crippen LogP contribution in [0.15, 0.2) is 30.3 Å². The molecule has 134 valence electrons. The van der Waals surface area contributed by atoms with Crippen LogP contribution in [0.2, 0.25) is 5.02 Å². The van der Waals surface area contributed by atoms with Crippen molar-refractivity contribution in [1.82, 2.24) is 15.5 Å². The van der Waals surface area contributed by atoms with Crippen LogP contribution in [-0.2, 0) is 6.42 Å². The van der Waals surface area contributed by atoms with Crippen LogP contribution >= 0.6 is 22.9 Å². The molecule has 26 heavy (non-hydrogen) atoms. The van der Waals surface area contributed by atoms with Gasteiger partial charge in [-0.2, -0.15) is 5.10 Å². The summed E-state index contributed by atoms with van der Waals surface area (Å²) in [5, 5.41) is 22.8. The van der Waals surface area contributed by atoms with E-state index in [1.807, 2.05) is 30.3 Å². The molecule has 0 aliphatic carbocycles. The molecule has 0 radical (unpaired) electrons. The second kappa shape index (κ2) is 7.31. The van der Waals surface area contributed by atoms with E-state index in [9.17, 15) is 9.90 Å². The highest BCUT2D eigenvalue weighted by Crippen LogP contribution is 2.37. The number of aromatic carboxylic acids is 1. The molecule has 0 bridgehead atoms. The highest BCUT2D eigenvalue weighted by Gasteiger charge is 2.21. The van der Waals surface area contributed by atoms with Crippen molar-refractivity contribution in [2.45, 2.75) is 19.3 Å². The number of piperidine rings is 1. The van der Waals surface area contributed by atoms with E-state index in [1.165, 1.54) is 11.3 Å². The van der Waals surface area contributed by atoms with E-state index < -0.39 is 5.97 Å². The predicted octanol–water partition coefficient (Wildman–Crippen LogP) is 4.25. The molecule has 1 aliphatic heterocycles. The number of aromatic nitrogens is 2. The average Bonchev–Trinajstić information content (AvgIpc) is 3.09. The standard InChI is InChI=1S/C19H18ClN3O2S/c20-13-5-3-12(4-6-13)16-9-14-15(8-11-2-1-7-21-10-11)22-23-17(19(24)25)18(14)26-16/h3-6,9,11,21H,1-2,7-8,10H2,(H,24,25). The number of fused-ring (bicyclic) bond motifs is 1. The third-order valence-corrected chi connectivity index (χ3v) is 6.18. The van der Waals surface area contributed by atoms with E-state index in [0.29, 0.717) is 15.6 Å². The lowest BCUT2D eigenvalue weighted by Gasteiger charge is -2.22. The Morgan fingerprint density at radius 2 is 2.12 bits per heavy atom. The normalized spacial score (nSPS) is 17.5. The third kappa shape index (κ3) is 3.45. The summed E-state index contributed by atoms with van der Waals surface area (Å²) in [5.41, 5.74) is 1.92. The lowest BCUT2D eigenvalue weighted by atomic mass is 9.93. The van der Waals surface area contributed by atoms with E-state index in [4.69, 9.17) is 11.6 Å². The summed E-state index contributed by atoms with van der Waals surface area (Å²) < 4.78 is 0.691. The SMILES string of the molecule is O=C(O)c1nnc(CC2CCCNC2)c2cc(-c3ccc(Cl)cc3)sc12. The van der Waals surface area contributed by atoms with Crippen LogP contribution in [0.3, 0.4) is 0 Å². The van der Waals surface area contributed by atoms with Gasteiger partial charge in [0.15, 0.2) is 5.69 Å². The predicted molar refractivity (Wildman–Crippen MR) is 104 cm³/mol. The molecule has 1 unspecified atom stereocenters. The van der Waals surface area contributed by atoms with Crippen LogP contribution in [0, 0.1) is 5.92 Å². The molecule has 0 spiro atoms. The van der Waals surface area contributed by atoms with E-state index in [1.54, 1.807) is 0 Å². The number of hydrogen-bond acceptors (Lipinski definition) is 5. The van der Waals surface area contributed by atoms with Gasteiger partial charge in [-0.3, -0.25) is 0 Å². The maximum Gasteiger partial charge on any atom is 0.357 e. The van der Waals surface area contributed by atoms with Gasteiger partial charge in [-0.1, -0.05) is 23.7 Å². The Kier molecular flexibility index (Phi) is 4.89. The molecule has 0 saturated carbocycles. The first kappa shape index (κ1) is 17.4. The molecule has 1 saturated heterocycles. The Morgan fingerprint density at radius 1 is 1.31 bits per heavy atom. The van der Waals surface area contributed by atoms with Crippen molar-refractivity contribution in [2.75, 3.05) is 13.1 Å². The molecule has 1 fully saturated rings. The fourth-order valence-electron chi connectivity index (χ4n) is 3.41. The molecule has 1 aromatic carbocycles. The van der Waals surface area contributed by atoms with Gasteiger partial charge in [-0.25, -0.2) is 4.79 Å². The number of carboxylic acid groups (broad SMARTS) is 1. The molecule has 1 aliphatic rings. The highest BCUT2D eigenvalue weighted by molar-refractivity contribution is 7.22. The molecule has 7 heteroatoms.